The Morgan fingerprint density at radius 1 is 1.71 bits per heavy atom. The summed E-state index contributed by atoms with van der Waals surface area (Å²) in [6.45, 7) is 5.75. The van der Waals surface area contributed by atoms with Crippen LogP contribution in [0.3, 0.4) is 0 Å². The second-order valence-electron chi connectivity index (χ2n) is 4.00. The van der Waals surface area contributed by atoms with Crippen molar-refractivity contribution in [3.63, 3.8) is 0 Å². The molecule has 1 atom stereocenters. The van der Waals surface area contributed by atoms with E-state index in [4.69, 9.17) is 11.6 Å². The van der Waals surface area contributed by atoms with Crippen LogP contribution >= 0.6 is 22.9 Å². The van der Waals surface area contributed by atoms with Crippen LogP contribution in [0, 0.1) is 5.92 Å². The van der Waals surface area contributed by atoms with Gasteiger partial charge in [0, 0.05) is 11.9 Å². The van der Waals surface area contributed by atoms with E-state index in [2.05, 4.69) is 22.2 Å². The van der Waals surface area contributed by atoms with Crippen molar-refractivity contribution < 1.29 is 0 Å². The lowest BCUT2D eigenvalue weighted by Gasteiger charge is -2.12. The molecule has 2 nitrogen and oxygen atoms in total. The predicted octanol–water partition coefficient (Wildman–Crippen LogP) is 2.72. The Kier molecular flexibility index (Phi) is 3.42. The monoisotopic (exact) mass is 230 g/mol. The van der Waals surface area contributed by atoms with E-state index < -0.39 is 0 Å². The van der Waals surface area contributed by atoms with Crippen LogP contribution in [0.4, 0.5) is 0 Å². The molecule has 0 aliphatic carbocycles. The van der Waals surface area contributed by atoms with Crippen LogP contribution in [0.15, 0.2) is 5.38 Å². The first-order valence-electron chi connectivity index (χ1n) is 4.99. The van der Waals surface area contributed by atoms with E-state index in [0.717, 1.165) is 18.2 Å². The Hall–Kier alpha value is -0.120. The molecule has 1 fully saturated rings. The molecule has 0 spiro atoms. The van der Waals surface area contributed by atoms with Gasteiger partial charge in [0.2, 0.25) is 0 Å². The predicted molar refractivity (Wildman–Crippen MR) is 60.7 cm³/mol. The maximum Gasteiger partial charge on any atom is 0.107 e. The third kappa shape index (κ3) is 2.47. The number of aromatic nitrogens is 1. The van der Waals surface area contributed by atoms with Gasteiger partial charge in [-0.3, -0.25) is 4.90 Å². The number of hydrogen-bond donors (Lipinski definition) is 0. The highest BCUT2D eigenvalue weighted by molar-refractivity contribution is 7.09. The summed E-state index contributed by atoms with van der Waals surface area (Å²) in [5, 5.41) is 3.26. The SMILES string of the molecule is CC1CCN(Cc2nc(CCl)cs2)C1. The molecule has 1 saturated heterocycles. The smallest absolute Gasteiger partial charge is 0.107 e. The highest BCUT2D eigenvalue weighted by Gasteiger charge is 2.19. The lowest BCUT2D eigenvalue weighted by Crippen LogP contribution is -2.19. The van der Waals surface area contributed by atoms with Crippen molar-refractivity contribution in [2.24, 2.45) is 5.92 Å². The first kappa shape index (κ1) is 10.4. The van der Waals surface area contributed by atoms with E-state index in [-0.39, 0.29) is 0 Å². The molecule has 1 unspecified atom stereocenters. The molecular formula is C10H15ClN2S. The number of alkyl halides is 1. The minimum atomic E-state index is 0.535. The van der Waals surface area contributed by atoms with Gasteiger partial charge in [0.15, 0.2) is 0 Å². The van der Waals surface area contributed by atoms with E-state index in [1.807, 2.05) is 0 Å². The summed E-state index contributed by atoms with van der Waals surface area (Å²) in [6, 6.07) is 0. The first-order valence-corrected chi connectivity index (χ1v) is 6.41. The van der Waals surface area contributed by atoms with Crippen molar-refractivity contribution in [3.05, 3.63) is 16.1 Å². The number of nitrogens with zero attached hydrogens (tertiary/aromatic N) is 2. The Balaban J connectivity index is 1.90. The highest BCUT2D eigenvalue weighted by atomic mass is 35.5. The molecule has 0 bridgehead atoms. The van der Waals surface area contributed by atoms with E-state index in [0.29, 0.717) is 5.88 Å². The van der Waals surface area contributed by atoms with Crippen LogP contribution in [0.2, 0.25) is 0 Å². The average Bonchev–Trinajstić information content (AvgIpc) is 2.76. The van der Waals surface area contributed by atoms with E-state index >= 15 is 0 Å². The molecule has 1 aromatic rings. The van der Waals surface area contributed by atoms with Crippen LogP contribution in [0.25, 0.3) is 0 Å². The number of thiazole rings is 1. The fraction of sp³-hybridized carbons (Fsp3) is 0.700. The molecule has 78 valence electrons. The third-order valence-electron chi connectivity index (χ3n) is 2.60. The van der Waals surface area contributed by atoms with Gasteiger partial charge in [0.05, 0.1) is 18.1 Å². The summed E-state index contributed by atoms with van der Waals surface area (Å²) in [6.07, 6.45) is 1.33. The van der Waals surface area contributed by atoms with E-state index in [1.54, 1.807) is 11.3 Å². The highest BCUT2D eigenvalue weighted by Crippen LogP contribution is 2.20. The minimum Gasteiger partial charge on any atom is -0.296 e. The molecule has 0 radical (unpaired) electrons. The van der Waals surface area contributed by atoms with Crippen LogP contribution in [-0.4, -0.2) is 23.0 Å². The summed E-state index contributed by atoms with van der Waals surface area (Å²) in [5.41, 5.74) is 1.01. The van der Waals surface area contributed by atoms with Gasteiger partial charge < -0.3 is 0 Å². The second-order valence-corrected chi connectivity index (χ2v) is 5.21. The number of rotatable bonds is 3. The fourth-order valence-electron chi connectivity index (χ4n) is 1.84. The maximum absolute atomic E-state index is 5.71. The molecule has 0 N–H and O–H groups in total. The number of halogens is 1. The lowest BCUT2D eigenvalue weighted by molar-refractivity contribution is 0.319. The van der Waals surface area contributed by atoms with Gasteiger partial charge in [-0.15, -0.1) is 22.9 Å². The Bertz CT molecular complexity index is 300. The average molecular weight is 231 g/mol. The van der Waals surface area contributed by atoms with Gasteiger partial charge in [-0.2, -0.15) is 0 Å². The molecule has 2 rings (SSSR count). The van der Waals surface area contributed by atoms with Gasteiger partial charge in [-0.05, 0) is 18.9 Å². The van der Waals surface area contributed by atoms with Gasteiger partial charge in [0.1, 0.15) is 5.01 Å². The zero-order chi connectivity index (χ0) is 9.97. The van der Waals surface area contributed by atoms with E-state index in [1.165, 1.54) is 24.5 Å². The Morgan fingerprint density at radius 2 is 2.57 bits per heavy atom. The molecule has 1 aromatic heterocycles. The molecule has 1 aliphatic rings. The van der Waals surface area contributed by atoms with Crippen molar-refractivity contribution in [3.8, 4) is 0 Å². The topological polar surface area (TPSA) is 16.1 Å². The molecule has 4 heteroatoms. The summed E-state index contributed by atoms with van der Waals surface area (Å²) in [7, 11) is 0. The summed E-state index contributed by atoms with van der Waals surface area (Å²) < 4.78 is 0. The molecule has 0 amide bonds. The summed E-state index contributed by atoms with van der Waals surface area (Å²) in [5.74, 6) is 1.38. The van der Waals surface area contributed by atoms with Gasteiger partial charge in [-0.25, -0.2) is 4.98 Å². The quantitative estimate of drug-likeness (QED) is 0.743. The zero-order valence-electron chi connectivity index (χ0n) is 8.37. The van der Waals surface area contributed by atoms with Crippen molar-refractivity contribution >= 4 is 22.9 Å². The molecular weight excluding hydrogens is 216 g/mol. The third-order valence-corrected chi connectivity index (χ3v) is 3.76. The Morgan fingerprint density at radius 3 is 3.14 bits per heavy atom. The normalized spacial score (nSPS) is 23.1. The molecule has 2 heterocycles. The Labute approximate surface area is 93.9 Å². The molecule has 0 saturated carbocycles. The second kappa shape index (κ2) is 4.60. The van der Waals surface area contributed by atoms with Crippen LogP contribution in [-0.2, 0) is 12.4 Å². The standard InChI is InChI=1S/C10H15ClN2S/c1-8-2-3-13(5-8)6-10-12-9(4-11)7-14-10/h7-8H,2-6H2,1H3. The molecule has 14 heavy (non-hydrogen) atoms. The molecule has 0 aromatic carbocycles. The maximum atomic E-state index is 5.71. The summed E-state index contributed by atoms with van der Waals surface area (Å²) >= 11 is 7.44. The molecule has 1 aliphatic heterocycles. The van der Waals surface area contributed by atoms with Gasteiger partial charge in [-0.1, -0.05) is 6.92 Å². The largest absolute Gasteiger partial charge is 0.296 e. The first-order chi connectivity index (χ1) is 6.78. The fourth-order valence-corrected chi connectivity index (χ4v) is 2.91. The minimum absolute atomic E-state index is 0.535. The number of likely N-dealkylation sites (tertiary alicyclic amines) is 1. The zero-order valence-corrected chi connectivity index (χ0v) is 9.94. The van der Waals surface area contributed by atoms with Crippen LogP contribution in [0.1, 0.15) is 24.0 Å². The van der Waals surface area contributed by atoms with Crippen molar-refractivity contribution in [2.45, 2.75) is 25.8 Å². The van der Waals surface area contributed by atoms with E-state index in [9.17, 15) is 0 Å². The van der Waals surface area contributed by atoms with Gasteiger partial charge >= 0.3 is 0 Å². The summed E-state index contributed by atoms with van der Waals surface area (Å²) in [4.78, 5) is 6.94. The van der Waals surface area contributed by atoms with Crippen molar-refractivity contribution in [1.82, 2.24) is 9.88 Å². The van der Waals surface area contributed by atoms with Crippen LogP contribution in [0.5, 0.6) is 0 Å². The van der Waals surface area contributed by atoms with Crippen molar-refractivity contribution in [2.75, 3.05) is 13.1 Å². The van der Waals surface area contributed by atoms with Crippen molar-refractivity contribution in [1.29, 1.82) is 0 Å². The van der Waals surface area contributed by atoms with Crippen LogP contribution < -0.4 is 0 Å². The van der Waals surface area contributed by atoms with Gasteiger partial charge in [0.25, 0.3) is 0 Å². The lowest BCUT2D eigenvalue weighted by atomic mass is 10.2. The number of hydrogen-bond acceptors (Lipinski definition) is 3.